The molecule has 0 aliphatic heterocycles. The molecule has 0 spiro atoms. The molecular weight excluding hydrogens is 313 g/mol. The van der Waals surface area contributed by atoms with Gasteiger partial charge in [-0.15, -0.1) is 0 Å². The molecule has 3 rings (SSSR count). The van der Waals surface area contributed by atoms with Crippen LogP contribution in [-0.2, 0) is 29.7 Å². The largest absolute Gasteiger partial charge is 0.408 e. The molecule has 0 radical (unpaired) electrons. The standard InChI is InChI=1S/C13H15F3N6O/c14-13(15,16)7-22-11(19-10(20-22)5-9(17)23)12(1-2-12)6-21-4-3-18-8-21/h3-4,8H,1-2,5-7H2,(H2,17,23). The normalized spacial score (nSPS) is 16.5. The van der Waals surface area contributed by atoms with Crippen LogP contribution in [0.5, 0.6) is 0 Å². The van der Waals surface area contributed by atoms with Crippen LogP contribution in [0.15, 0.2) is 18.7 Å². The molecule has 2 aromatic rings. The number of hydrogen-bond donors (Lipinski definition) is 1. The minimum absolute atomic E-state index is 0.0219. The van der Waals surface area contributed by atoms with Gasteiger partial charge in [0.2, 0.25) is 5.91 Å². The predicted molar refractivity (Wildman–Crippen MR) is 72.1 cm³/mol. The van der Waals surface area contributed by atoms with Gasteiger partial charge in [0.05, 0.1) is 12.7 Å². The van der Waals surface area contributed by atoms with E-state index in [9.17, 15) is 18.0 Å². The Bertz CT molecular complexity index is 702. The second-order valence-corrected chi connectivity index (χ2v) is 5.78. The third-order valence-electron chi connectivity index (χ3n) is 3.75. The van der Waals surface area contributed by atoms with Crippen molar-refractivity contribution in [2.24, 2.45) is 5.73 Å². The van der Waals surface area contributed by atoms with E-state index in [0.29, 0.717) is 19.4 Å². The van der Waals surface area contributed by atoms with Crippen LogP contribution in [0.2, 0.25) is 0 Å². The van der Waals surface area contributed by atoms with Crippen molar-refractivity contribution in [1.29, 1.82) is 0 Å². The number of carbonyl (C=O) groups excluding carboxylic acids is 1. The Morgan fingerprint density at radius 3 is 2.65 bits per heavy atom. The Labute approximate surface area is 129 Å². The van der Waals surface area contributed by atoms with Crippen LogP contribution in [0.1, 0.15) is 24.5 Å². The predicted octanol–water partition coefficient (Wildman–Crippen LogP) is 0.796. The maximum absolute atomic E-state index is 12.8. The lowest BCUT2D eigenvalue weighted by atomic mass is 10.1. The van der Waals surface area contributed by atoms with Crippen molar-refractivity contribution in [2.45, 2.75) is 43.9 Å². The summed E-state index contributed by atoms with van der Waals surface area (Å²) >= 11 is 0. The fraction of sp³-hybridized carbons (Fsp3) is 0.538. The average Bonchev–Trinajstić information content (AvgIpc) is 2.80. The Balaban J connectivity index is 1.92. The Kier molecular flexibility index (Phi) is 3.61. The molecule has 2 aromatic heterocycles. The lowest BCUT2D eigenvalue weighted by molar-refractivity contribution is -0.143. The van der Waals surface area contributed by atoms with Gasteiger partial charge < -0.3 is 10.3 Å². The molecule has 0 bridgehead atoms. The van der Waals surface area contributed by atoms with Crippen LogP contribution in [0.4, 0.5) is 13.2 Å². The van der Waals surface area contributed by atoms with Crippen LogP contribution in [0.3, 0.4) is 0 Å². The number of hydrogen-bond acceptors (Lipinski definition) is 4. The highest BCUT2D eigenvalue weighted by atomic mass is 19.4. The SMILES string of the molecule is NC(=O)Cc1nc(C2(Cn3ccnc3)CC2)n(CC(F)(F)F)n1. The molecule has 2 N–H and O–H groups in total. The fourth-order valence-corrected chi connectivity index (χ4v) is 2.63. The van der Waals surface area contributed by atoms with Gasteiger partial charge in [-0.2, -0.15) is 18.3 Å². The van der Waals surface area contributed by atoms with E-state index in [4.69, 9.17) is 5.73 Å². The number of primary amides is 1. The molecule has 1 fully saturated rings. The number of aromatic nitrogens is 5. The summed E-state index contributed by atoms with van der Waals surface area (Å²) in [7, 11) is 0. The number of nitrogens with two attached hydrogens (primary N) is 1. The molecule has 1 amide bonds. The topological polar surface area (TPSA) is 91.6 Å². The number of imidazole rings is 1. The van der Waals surface area contributed by atoms with Crippen LogP contribution >= 0.6 is 0 Å². The van der Waals surface area contributed by atoms with E-state index in [1.165, 1.54) is 0 Å². The maximum Gasteiger partial charge on any atom is 0.408 e. The summed E-state index contributed by atoms with van der Waals surface area (Å²) in [6.07, 6.45) is 1.67. The molecule has 7 nitrogen and oxygen atoms in total. The van der Waals surface area contributed by atoms with Crippen molar-refractivity contribution in [3.05, 3.63) is 30.4 Å². The second-order valence-electron chi connectivity index (χ2n) is 5.78. The zero-order valence-electron chi connectivity index (χ0n) is 12.1. The minimum Gasteiger partial charge on any atom is -0.369 e. The van der Waals surface area contributed by atoms with Crippen molar-refractivity contribution in [2.75, 3.05) is 0 Å². The highest BCUT2D eigenvalue weighted by molar-refractivity contribution is 5.75. The van der Waals surface area contributed by atoms with E-state index in [0.717, 1.165) is 4.68 Å². The fourth-order valence-electron chi connectivity index (χ4n) is 2.63. The number of nitrogens with zero attached hydrogens (tertiary/aromatic N) is 5. The van der Waals surface area contributed by atoms with Crippen LogP contribution < -0.4 is 5.73 Å². The van der Waals surface area contributed by atoms with E-state index in [-0.39, 0.29) is 18.1 Å². The van der Waals surface area contributed by atoms with Crippen LogP contribution in [-0.4, -0.2) is 36.4 Å². The van der Waals surface area contributed by atoms with Gasteiger partial charge in [-0.05, 0) is 12.8 Å². The highest BCUT2D eigenvalue weighted by Gasteiger charge is 2.49. The number of alkyl halides is 3. The lowest BCUT2D eigenvalue weighted by Crippen LogP contribution is -2.26. The lowest BCUT2D eigenvalue weighted by Gasteiger charge is -2.17. The molecule has 1 aliphatic rings. The average molecular weight is 328 g/mol. The second kappa shape index (κ2) is 5.36. The zero-order valence-corrected chi connectivity index (χ0v) is 12.1. The van der Waals surface area contributed by atoms with Gasteiger partial charge in [-0.25, -0.2) is 14.6 Å². The molecule has 23 heavy (non-hydrogen) atoms. The number of halogens is 3. The first-order chi connectivity index (χ1) is 10.8. The molecule has 0 saturated heterocycles. The van der Waals surface area contributed by atoms with E-state index in [1.807, 2.05) is 0 Å². The first-order valence-corrected chi connectivity index (χ1v) is 7.02. The summed E-state index contributed by atoms with van der Waals surface area (Å²) in [6, 6.07) is 0. The summed E-state index contributed by atoms with van der Waals surface area (Å²) in [5.41, 5.74) is 4.58. The zero-order chi connectivity index (χ0) is 16.7. The Morgan fingerprint density at radius 1 is 1.39 bits per heavy atom. The van der Waals surface area contributed by atoms with Gasteiger partial charge in [0.15, 0.2) is 5.82 Å². The number of rotatable bonds is 6. The Hall–Kier alpha value is -2.39. The molecule has 1 saturated carbocycles. The molecule has 10 heteroatoms. The maximum atomic E-state index is 12.8. The van der Waals surface area contributed by atoms with Crippen molar-refractivity contribution in [3.8, 4) is 0 Å². The first kappa shape index (κ1) is 15.5. The first-order valence-electron chi connectivity index (χ1n) is 7.02. The molecule has 0 atom stereocenters. The van der Waals surface area contributed by atoms with Crippen molar-refractivity contribution in [3.63, 3.8) is 0 Å². The van der Waals surface area contributed by atoms with Gasteiger partial charge in [0.25, 0.3) is 0 Å². The van der Waals surface area contributed by atoms with Crippen molar-refractivity contribution in [1.82, 2.24) is 24.3 Å². The van der Waals surface area contributed by atoms with E-state index in [1.54, 1.807) is 23.3 Å². The summed E-state index contributed by atoms with van der Waals surface area (Å²) in [4.78, 5) is 19.1. The van der Waals surface area contributed by atoms with Crippen LogP contribution in [0, 0.1) is 0 Å². The smallest absolute Gasteiger partial charge is 0.369 e. The Morgan fingerprint density at radius 2 is 2.13 bits per heavy atom. The van der Waals surface area contributed by atoms with Crippen molar-refractivity contribution >= 4 is 5.91 Å². The molecule has 0 aromatic carbocycles. The number of carbonyl (C=O) groups is 1. The highest BCUT2D eigenvalue weighted by Crippen LogP contribution is 2.49. The van der Waals surface area contributed by atoms with Crippen LogP contribution in [0.25, 0.3) is 0 Å². The van der Waals surface area contributed by atoms with E-state index >= 15 is 0 Å². The molecular formula is C13H15F3N6O. The number of amides is 1. The molecule has 124 valence electrons. The molecule has 2 heterocycles. The summed E-state index contributed by atoms with van der Waals surface area (Å²) in [6.45, 7) is -0.765. The molecule has 1 aliphatic carbocycles. The van der Waals surface area contributed by atoms with Gasteiger partial charge in [0.1, 0.15) is 12.4 Å². The minimum atomic E-state index is -4.42. The summed E-state index contributed by atoms with van der Waals surface area (Å²) in [5.74, 6) is -0.409. The summed E-state index contributed by atoms with van der Waals surface area (Å²) < 4.78 is 41.0. The third kappa shape index (κ3) is 3.51. The van der Waals surface area contributed by atoms with Crippen molar-refractivity contribution < 1.29 is 18.0 Å². The van der Waals surface area contributed by atoms with E-state index < -0.39 is 24.0 Å². The monoisotopic (exact) mass is 328 g/mol. The quantitative estimate of drug-likeness (QED) is 0.849. The van der Waals surface area contributed by atoms with Gasteiger partial charge in [-0.3, -0.25) is 4.79 Å². The van der Waals surface area contributed by atoms with Gasteiger partial charge >= 0.3 is 6.18 Å². The van der Waals surface area contributed by atoms with E-state index in [2.05, 4.69) is 15.1 Å². The summed E-state index contributed by atoms with van der Waals surface area (Å²) in [5, 5.41) is 3.83. The van der Waals surface area contributed by atoms with Gasteiger partial charge in [-0.1, -0.05) is 0 Å². The third-order valence-corrected chi connectivity index (χ3v) is 3.75. The van der Waals surface area contributed by atoms with Gasteiger partial charge in [0, 0.05) is 24.4 Å². The molecule has 0 unspecified atom stereocenters.